The molecular weight excluding hydrogens is 336 g/mol. The van der Waals surface area contributed by atoms with Crippen molar-refractivity contribution in [2.24, 2.45) is 0 Å². The third kappa shape index (κ3) is 5.69. The molecule has 0 heterocycles. The van der Waals surface area contributed by atoms with Crippen LogP contribution in [0.1, 0.15) is 39.0 Å². The number of halogens is 1. The number of rotatable bonds is 8. The predicted molar refractivity (Wildman–Crippen MR) is 98.3 cm³/mol. The minimum Gasteiger partial charge on any atom is -0.450 e. The van der Waals surface area contributed by atoms with E-state index in [2.05, 4.69) is 65.3 Å². The van der Waals surface area contributed by atoms with E-state index in [4.69, 9.17) is 4.74 Å². The molecule has 0 aliphatic heterocycles. The maximum Gasteiger partial charge on any atom is 0.165 e. The van der Waals surface area contributed by atoms with Crippen molar-refractivity contribution < 1.29 is 4.74 Å². The van der Waals surface area contributed by atoms with Crippen molar-refractivity contribution in [1.29, 1.82) is 0 Å². The Morgan fingerprint density at radius 3 is 2.27 bits per heavy atom. The molecular formula is C20H23BrO. The zero-order chi connectivity index (χ0) is 15.6. The fourth-order valence-corrected chi connectivity index (χ4v) is 2.70. The quantitative estimate of drug-likeness (QED) is 0.366. The molecule has 116 valence electrons. The second-order valence-corrected chi connectivity index (χ2v) is 6.13. The molecule has 0 fully saturated rings. The van der Waals surface area contributed by atoms with Gasteiger partial charge in [-0.05, 0) is 58.1 Å². The molecule has 0 aromatic heterocycles. The van der Waals surface area contributed by atoms with Crippen LogP contribution in [0.4, 0.5) is 0 Å². The Hall–Kier alpha value is -1.54. The fraction of sp³-hybridized carbons (Fsp3) is 0.300. The lowest BCUT2D eigenvalue weighted by Crippen LogP contribution is -1.88. The normalized spacial score (nSPS) is 11.5. The third-order valence-electron chi connectivity index (χ3n) is 3.54. The van der Waals surface area contributed by atoms with E-state index >= 15 is 0 Å². The van der Waals surface area contributed by atoms with E-state index in [1.165, 1.54) is 36.8 Å². The molecule has 0 amide bonds. The summed E-state index contributed by atoms with van der Waals surface area (Å²) < 4.78 is 6.59. The molecule has 0 spiro atoms. The smallest absolute Gasteiger partial charge is 0.165 e. The van der Waals surface area contributed by atoms with E-state index in [1.807, 2.05) is 18.2 Å². The summed E-state index contributed by atoms with van der Waals surface area (Å²) in [7, 11) is 0. The van der Waals surface area contributed by atoms with Crippen LogP contribution in [0, 0.1) is 0 Å². The first-order valence-corrected chi connectivity index (χ1v) is 8.78. The SMILES string of the molecule is CCCCCC/C=C(\Br)Oc1ccc(-c2ccccc2)cc1. The van der Waals surface area contributed by atoms with Crippen molar-refractivity contribution in [3.8, 4) is 16.9 Å². The molecule has 0 bridgehead atoms. The monoisotopic (exact) mass is 358 g/mol. The first kappa shape index (κ1) is 16.8. The first-order chi connectivity index (χ1) is 10.8. The number of benzene rings is 2. The fourth-order valence-electron chi connectivity index (χ4n) is 2.29. The zero-order valence-electron chi connectivity index (χ0n) is 13.1. The number of hydrogen-bond donors (Lipinski definition) is 0. The Labute approximate surface area is 142 Å². The van der Waals surface area contributed by atoms with Gasteiger partial charge in [-0.15, -0.1) is 0 Å². The standard InChI is InChI=1S/C20H23BrO/c1-2-3-4-5-9-12-20(21)22-19-15-13-18(14-16-19)17-10-7-6-8-11-17/h6-8,10-16H,2-5,9H2,1H3/b20-12+. The van der Waals surface area contributed by atoms with Gasteiger partial charge in [0.15, 0.2) is 4.67 Å². The van der Waals surface area contributed by atoms with Gasteiger partial charge < -0.3 is 4.74 Å². The summed E-state index contributed by atoms with van der Waals surface area (Å²) in [5, 5.41) is 0. The summed E-state index contributed by atoms with van der Waals surface area (Å²) in [6, 6.07) is 18.6. The van der Waals surface area contributed by atoms with Gasteiger partial charge >= 0.3 is 0 Å². The molecule has 1 nitrogen and oxygen atoms in total. The van der Waals surface area contributed by atoms with Gasteiger partial charge in [0.05, 0.1) is 0 Å². The van der Waals surface area contributed by atoms with Crippen molar-refractivity contribution >= 4 is 15.9 Å². The van der Waals surface area contributed by atoms with Crippen molar-refractivity contribution in [2.75, 3.05) is 0 Å². The highest BCUT2D eigenvalue weighted by Crippen LogP contribution is 2.24. The Morgan fingerprint density at radius 1 is 0.909 bits per heavy atom. The van der Waals surface area contributed by atoms with Gasteiger partial charge in [-0.1, -0.05) is 68.7 Å². The average molecular weight is 359 g/mol. The third-order valence-corrected chi connectivity index (χ3v) is 4.02. The number of unbranched alkanes of at least 4 members (excludes halogenated alkanes) is 4. The van der Waals surface area contributed by atoms with Gasteiger partial charge in [0.25, 0.3) is 0 Å². The summed E-state index contributed by atoms with van der Waals surface area (Å²) >= 11 is 3.49. The maximum absolute atomic E-state index is 5.79. The van der Waals surface area contributed by atoms with E-state index < -0.39 is 0 Å². The summed E-state index contributed by atoms with van der Waals surface area (Å²) in [5.41, 5.74) is 2.42. The van der Waals surface area contributed by atoms with Crippen LogP contribution >= 0.6 is 15.9 Å². The molecule has 2 heteroatoms. The lowest BCUT2D eigenvalue weighted by molar-refractivity contribution is 0.466. The number of allylic oxidation sites excluding steroid dienone is 1. The molecule has 0 atom stereocenters. The van der Waals surface area contributed by atoms with Crippen molar-refractivity contribution in [1.82, 2.24) is 0 Å². The van der Waals surface area contributed by atoms with Crippen LogP contribution < -0.4 is 4.74 Å². The largest absolute Gasteiger partial charge is 0.450 e. The molecule has 0 radical (unpaired) electrons. The van der Waals surface area contributed by atoms with Gasteiger partial charge in [-0.3, -0.25) is 0 Å². The molecule has 0 unspecified atom stereocenters. The number of ether oxygens (including phenoxy) is 1. The van der Waals surface area contributed by atoms with Crippen LogP contribution in [-0.4, -0.2) is 0 Å². The lowest BCUT2D eigenvalue weighted by atomic mass is 10.1. The molecule has 2 aromatic rings. The van der Waals surface area contributed by atoms with E-state index in [0.29, 0.717) is 0 Å². The maximum atomic E-state index is 5.79. The molecule has 22 heavy (non-hydrogen) atoms. The lowest BCUT2D eigenvalue weighted by Gasteiger charge is -2.06. The summed E-state index contributed by atoms with van der Waals surface area (Å²) in [4.78, 5) is 0. The van der Waals surface area contributed by atoms with Crippen molar-refractivity contribution in [3.05, 3.63) is 65.3 Å². The van der Waals surface area contributed by atoms with E-state index in [1.54, 1.807) is 0 Å². The van der Waals surface area contributed by atoms with Gasteiger partial charge in [0.1, 0.15) is 5.75 Å². The highest BCUT2D eigenvalue weighted by molar-refractivity contribution is 9.11. The van der Waals surface area contributed by atoms with Crippen LogP contribution in [0.15, 0.2) is 65.3 Å². The minimum absolute atomic E-state index is 0.802. The molecule has 2 aromatic carbocycles. The zero-order valence-corrected chi connectivity index (χ0v) is 14.7. The Balaban J connectivity index is 1.87. The number of hydrogen-bond acceptors (Lipinski definition) is 1. The Kier molecular flexibility index (Phi) is 7.24. The summed E-state index contributed by atoms with van der Waals surface area (Å²) in [5.74, 6) is 0.858. The molecule has 0 saturated heterocycles. The van der Waals surface area contributed by atoms with Gasteiger partial charge in [0.2, 0.25) is 0 Å². The van der Waals surface area contributed by atoms with E-state index in [0.717, 1.165) is 16.8 Å². The van der Waals surface area contributed by atoms with Gasteiger partial charge in [0, 0.05) is 0 Å². The van der Waals surface area contributed by atoms with Gasteiger partial charge in [-0.2, -0.15) is 0 Å². The average Bonchev–Trinajstić information content (AvgIpc) is 2.56. The van der Waals surface area contributed by atoms with Gasteiger partial charge in [-0.25, -0.2) is 0 Å². The van der Waals surface area contributed by atoms with Crippen LogP contribution in [0.5, 0.6) is 5.75 Å². The second-order valence-electron chi connectivity index (χ2n) is 5.35. The van der Waals surface area contributed by atoms with Crippen molar-refractivity contribution in [2.45, 2.75) is 39.0 Å². The molecule has 0 aliphatic carbocycles. The first-order valence-electron chi connectivity index (χ1n) is 7.98. The molecule has 0 saturated carbocycles. The van der Waals surface area contributed by atoms with Crippen LogP contribution in [-0.2, 0) is 0 Å². The Bertz CT molecular complexity index is 572. The minimum atomic E-state index is 0.802. The molecule has 2 rings (SSSR count). The van der Waals surface area contributed by atoms with Crippen molar-refractivity contribution in [3.63, 3.8) is 0 Å². The highest BCUT2D eigenvalue weighted by Gasteiger charge is 2.00. The predicted octanol–water partition coefficient (Wildman–Crippen LogP) is 6.94. The highest BCUT2D eigenvalue weighted by atomic mass is 79.9. The van der Waals surface area contributed by atoms with Crippen LogP contribution in [0.3, 0.4) is 0 Å². The van der Waals surface area contributed by atoms with E-state index in [-0.39, 0.29) is 0 Å². The van der Waals surface area contributed by atoms with Crippen LogP contribution in [0.25, 0.3) is 11.1 Å². The Morgan fingerprint density at radius 2 is 1.59 bits per heavy atom. The summed E-state index contributed by atoms with van der Waals surface area (Å²) in [6.45, 7) is 2.23. The topological polar surface area (TPSA) is 9.23 Å². The van der Waals surface area contributed by atoms with Crippen LogP contribution in [0.2, 0.25) is 0 Å². The molecule has 0 N–H and O–H groups in total. The second kappa shape index (κ2) is 9.47. The summed E-state index contributed by atoms with van der Waals surface area (Å²) in [6.07, 6.45) is 8.27. The molecule has 0 aliphatic rings. The van der Waals surface area contributed by atoms with E-state index in [9.17, 15) is 0 Å².